The number of carbonyl (C=O) groups is 2. The summed E-state index contributed by atoms with van der Waals surface area (Å²) >= 11 is 0. The first-order valence-electron chi connectivity index (χ1n) is 11.2. The molecule has 0 bridgehead atoms. The highest BCUT2D eigenvalue weighted by atomic mass is 16.5. The zero-order valence-corrected chi connectivity index (χ0v) is 18.9. The Kier molecular flexibility index (Phi) is 4.58. The highest BCUT2D eigenvalue weighted by Gasteiger charge is 2.30. The van der Waals surface area contributed by atoms with Crippen LogP contribution in [0.4, 0.5) is 5.82 Å². The van der Waals surface area contributed by atoms with Crippen molar-refractivity contribution in [2.45, 2.75) is 33.0 Å². The van der Waals surface area contributed by atoms with Crippen LogP contribution in [0.25, 0.3) is 22.6 Å². The molecule has 4 heterocycles. The van der Waals surface area contributed by atoms with E-state index in [1.165, 1.54) is 0 Å². The minimum absolute atomic E-state index is 0.0886. The minimum atomic E-state index is -0.302. The largest absolute Gasteiger partial charge is 0.457 e. The summed E-state index contributed by atoms with van der Waals surface area (Å²) in [6.07, 6.45) is 3.70. The van der Waals surface area contributed by atoms with E-state index in [1.54, 1.807) is 11.1 Å². The molecule has 168 valence electrons. The third-order valence-corrected chi connectivity index (χ3v) is 6.40. The van der Waals surface area contributed by atoms with Gasteiger partial charge in [-0.15, -0.1) is 0 Å². The van der Waals surface area contributed by atoms with E-state index in [4.69, 9.17) is 9.72 Å². The Balaban J connectivity index is 1.32. The van der Waals surface area contributed by atoms with Crippen LogP contribution in [0.5, 0.6) is 0 Å². The van der Waals surface area contributed by atoms with Crippen molar-refractivity contribution in [2.24, 2.45) is 0 Å². The molecule has 0 aliphatic carbocycles. The van der Waals surface area contributed by atoms with E-state index in [9.17, 15) is 9.59 Å². The maximum absolute atomic E-state index is 13.4. The van der Waals surface area contributed by atoms with Crippen LogP contribution in [0.1, 0.15) is 51.7 Å². The van der Waals surface area contributed by atoms with Crippen molar-refractivity contribution < 1.29 is 14.3 Å². The molecule has 34 heavy (non-hydrogen) atoms. The molecule has 4 aromatic rings. The molecular formula is C27H22N4O3. The number of cyclic esters (lactones) is 1. The summed E-state index contributed by atoms with van der Waals surface area (Å²) < 4.78 is 7.17. The van der Waals surface area contributed by atoms with Gasteiger partial charge in [0.05, 0.1) is 12.1 Å². The van der Waals surface area contributed by atoms with Crippen LogP contribution in [-0.2, 0) is 17.9 Å². The van der Waals surface area contributed by atoms with Crippen molar-refractivity contribution in [2.75, 3.05) is 4.90 Å². The number of fused-ring (bicyclic) bond motifs is 2. The molecule has 0 atom stereocenters. The van der Waals surface area contributed by atoms with E-state index >= 15 is 0 Å². The maximum atomic E-state index is 13.4. The second kappa shape index (κ2) is 7.66. The van der Waals surface area contributed by atoms with Crippen LogP contribution in [-0.4, -0.2) is 26.4 Å². The normalized spacial score (nSPS) is 14.5. The summed E-state index contributed by atoms with van der Waals surface area (Å²) in [6.45, 7) is 4.96. The summed E-state index contributed by atoms with van der Waals surface area (Å²) in [6, 6.07) is 17.5. The second-order valence-corrected chi connectivity index (χ2v) is 8.84. The number of pyridine rings is 1. The molecular weight excluding hydrogens is 428 g/mol. The topological polar surface area (TPSA) is 77.3 Å². The van der Waals surface area contributed by atoms with Crippen molar-refractivity contribution in [3.8, 4) is 22.6 Å². The van der Waals surface area contributed by atoms with Crippen molar-refractivity contribution >= 4 is 17.7 Å². The van der Waals surface area contributed by atoms with E-state index < -0.39 is 0 Å². The summed E-state index contributed by atoms with van der Waals surface area (Å²) in [5.41, 5.74) is 5.57. The minimum Gasteiger partial charge on any atom is -0.457 e. The molecule has 7 nitrogen and oxygen atoms in total. The lowest BCUT2D eigenvalue weighted by molar-refractivity contribution is 0.0535. The molecule has 0 saturated heterocycles. The first-order chi connectivity index (χ1) is 16.5. The van der Waals surface area contributed by atoms with Gasteiger partial charge in [0.2, 0.25) is 0 Å². The molecule has 2 aromatic carbocycles. The SMILES string of the molecule is CC(C)n1ccnc1-c1cccc(N2Cc3ccc(-c4ccc5c(c4)C(=O)OC5)cc3C2=O)n1. The molecule has 0 N–H and O–H groups in total. The predicted molar refractivity (Wildman–Crippen MR) is 127 cm³/mol. The Morgan fingerprint density at radius 2 is 1.71 bits per heavy atom. The average molecular weight is 450 g/mol. The number of benzene rings is 2. The van der Waals surface area contributed by atoms with Gasteiger partial charge >= 0.3 is 5.97 Å². The van der Waals surface area contributed by atoms with Gasteiger partial charge in [-0.2, -0.15) is 0 Å². The Morgan fingerprint density at radius 1 is 0.941 bits per heavy atom. The molecule has 2 aromatic heterocycles. The fourth-order valence-electron chi connectivity index (χ4n) is 4.58. The predicted octanol–water partition coefficient (Wildman–Crippen LogP) is 5.02. The van der Waals surface area contributed by atoms with Crippen LogP contribution in [0, 0.1) is 0 Å². The van der Waals surface area contributed by atoms with Gasteiger partial charge in [0.25, 0.3) is 5.91 Å². The fraction of sp³-hybridized carbons (Fsp3) is 0.185. The number of imidazole rings is 1. The fourth-order valence-corrected chi connectivity index (χ4v) is 4.58. The first kappa shape index (κ1) is 20.4. The lowest BCUT2D eigenvalue weighted by Crippen LogP contribution is -2.24. The number of hydrogen-bond acceptors (Lipinski definition) is 5. The molecule has 2 aliphatic rings. The highest BCUT2D eigenvalue weighted by molar-refractivity contribution is 6.10. The number of aromatic nitrogens is 3. The first-order valence-corrected chi connectivity index (χ1v) is 11.2. The maximum Gasteiger partial charge on any atom is 0.338 e. The third kappa shape index (κ3) is 3.20. The average Bonchev–Trinajstić information content (AvgIpc) is 3.57. The quantitative estimate of drug-likeness (QED) is 0.408. The molecule has 7 heteroatoms. The lowest BCUT2D eigenvalue weighted by atomic mass is 9.97. The van der Waals surface area contributed by atoms with Gasteiger partial charge in [-0.1, -0.05) is 30.3 Å². The molecule has 0 unspecified atom stereocenters. The van der Waals surface area contributed by atoms with E-state index in [0.29, 0.717) is 30.1 Å². The van der Waals surface area contributed by atoms with Crippen molar-refractivity contribution in [3.63, 3.8) is 0 Å². The van der Waals surface area contributed by atoms with Crippen molar-refractivity contribution in [1.82, 2.24) is 14.5 Å². The van der Waals surface area contributed by atoms with Crippen LogP contribution in [0.3, 0.4) is 0 Å². The van der Waals surface area contributed by atoms with Crippen molar-refractivity contribution in [3.05, 3.63) is 89.2 Å². The molecule has 0 radical (unpaired) electrons. The van der Waals surface area contributed by atoms with Crippen LogP contribution >= 0.6 is 0 Å². The number of rotatable bonds is 4. The van der Waals surface area contributed by atoms with Crippen LogP contribution < -0.4 is 4.90 Å². The number of hydrogen-bond donors (Lipinski definition) is 0. The van der Waals surface area contributed by atoms with E-state index in [2.05, 4.69) is 23.4 Å². The van der Waals surface area contributed by atoms with E-state index in [1.807, 2.05) is 60.8 Å². The summed E-state index contributed by atoms with van der Waals surface area (Å²) in [5, 5.41) is 0. The number of amides is 1. The number of nitrogens with zero attached hydrogens (tertiary/aromatic N) is 4. The molecule has 0 saturated carbocycles. The zero-order valence-electron chi connectivity index (χ0n) is 18.9. The van der Waals surface area contributed by atoms with Gasteiger partial charge < -0.3 is 9.30 Å². The number of ether oxygens (including phenoxy) is 1. The van der Waals surface area contributed by atoms with E-state index in [0.717, 1.165) is 33.8 Å². The van der Waals surface area contributed by atoms with Gasteiger partial charge in [0, 0.05) is 29.6 Å². The molecule has 1 amide bonds. The van der Waals surface area contributed by atoms with Crippen LogP contribution in [0.2, 0.25) is 0 Å². The Labute approximate surface area is 196 Å². The van der Waals surface area contributed by atoms with Crippen molar-refractivity contribution in [1.29, 1.82) is 0 Å². The molecule has 6 rings (SSSR count). The third-order valence-electron chi connectivity index (χ3n) is 6.40. The number of carbonyl (C=O) groups excluding carboxylic acids is 2. The van der Waals surface area contributed by atoms with Gasteiger partial charge in [-0.05, 0) is 54.8 Å². The molecule has 0 spiro atoms. The smallest absolute Gasteiger partial charge is 0.338 e. The molecule has 2 aliphatic heterocycles. The highest BCUT2D eigenvalue weighted by Crippen LogP contribution is 2.33. The van der Waals surface area contributed by atoms with Gasteiger partial charge in [0.1, 0.15) is 18.1 Å². The number of anilines is 1. The van der Waals surface area contributed by atoms with E-state index in [-0.39, 0.29) is 17.9 Å². The zero-order chi connectivity index (χ0) is 23.4. The standard InChI is InChI=1S/C27H22N4O3/c1-16(2)30-11-10-28-25(30)23-4-3-5-24(29-23)31-14-19-8-6-17(12-21(19)26(31)32)18-7-9-20-15-34-27(33)22(20)13-18/h3-13,16H,14-15H2,1-2H3. The Morgan fingerprint density at radius 3 is 2.50 bits per heavy atom. The van der Waals surface area contributed by atoms with Gasteiger partial charge in [0.15, 0.2) is 5.82 Å². The van der Waals surface area contributed by atoms with Gasteiger partial charge in [-0.3, -0.25) is 9.69 Å². The van der Waals surface area contributed by atoms with Crippen LogP contribution in [0.15, 0.2) is 67.0 Å². The Bertz CT molecular complexity index is 1470. The summed E-state index contributed by atoms with van der Waals surface area (Å²) in [5.74, 6) is 0.982. The second-order valence-electron chi connectivity index (χ2n) is 8.84. The molecule has 0 fully saturated rings. The Hall–Kier alpha value is -4.26. The van der Waals surface area contributed by atoms with Gasteiger partial charge in [-0.25, -0.2) is 14.8 Å². The summed E-state index contributed by atoms with van der Waals surface area (Å²) in [4.78, 5) is 36.3. The number of esters is 1. The monoisotopic (exact) mass is 450 g/mol. The lowest BCUT2D eigenvalue weighted by Gasteiger charge is -2.16. The summed E-state index contributed by atoms with van der Waals surface area (Å²) in [7, 11) is 0.